The molecule has 0 N–H and O–H groups in total. The van der Waals surface area contributed by atoms with Crippen LogP contribution in [0.1, 0.15) is 5.56 Å². The standard InChI is InChI=1S/C13H10F3NO/c1-17-8-9(6-7-12(18)13(14,15)16)10-4-2-3-5-11(10)17/h2-8H,1H3/b7-6+. The van der Waals surface area contributed by atoms with Gasteiger partial charge in [0.05, 0.1) is 0 Å². The molecule has 94 valence electrons. The number of rotatable bonds is 2. The Kier molecular flexibility index (Phi) is 2.98. The number of carbonyl (C=O) groups is 1. The predicted molar refractivity (Wildman–Crippen MR) is 63.0 cm³/mol. The number of allylic oxidation sites excluding steroid dienone is 1. The van der Waals surface area contributed by atoms with E-state index >= 15 is 0 Å². The Morgan fingerprint density at radius 1 is 1.28 bits per heavy atom. The van der Waals surface area contributed by atoms with Gasteiger partial charge in [-0.25, -0.2) is 0 Å². The molecule has 1 heterocycles. The van der Waals surface area contributed by atoms with Crippen LogP contribution in [0.25, 0.3) is 17.0 Å². The molecule has 0 unspecified atom stereocenters. The zero-order valence-corrected chi connectivity index (χ0v) is 9.53. The van der Waals surface area contributed by atoms with Gasteiger partial charge in [-0.3, -0.25) is 4.79 Å². The summed E-state index contributed by atoms with van der Waals surface area (Å²) in [5, 5.41) is 0.811. The molecule has 0 saturated carbocycles. The third kappa shape index (κ3) is 2.30. The van der Waals surface area contributed by atoms with Gasteiger partial charge < -0.3 is 4.57 Å². The van der Waals surface area contributed by atoms with Gasteiger partial charge in [0.2, 0.25) is 0 Å². The Labute approximate surface area is 101 Å². The van der Waals surface area contributed by atoms with E-state index in [4.69, 9.17) is 0 Å². The molecule has 2 nitrogen and oxygen atoms in total. The van der Waals surface area contributed by atoms with Crippen molar-refractivity contribution in [1.29, 1.82) is 0 Å². The van der Waals surface area contributed by atoms with Gasteiger partial charge in [0.25, 0.3) is 5.78 Å². The minimum absolute atomic E-state index is 0.557. The van der Waals surface area contributed by atoms with E-state index in [0.29, 0.717) is 11.6 Å². The summed E-state index contributed by atoms with van der Waals surface area (Å²) in [6, 6.07) is 7.30. The predicted octanol–water partition coefficient (Wildman–Crippen LogP) is 3.32. The minimum Gasteiger partial charge on any atom is -0.350 e. The smallest absolute Gasteiger partial charge is 0.350 e. The summed E-state index contributed by atoms with van der Waals surface area (Å²) < 4.78 is 38.0. The molecule has 0 aliphatic rings. The number of nitrogens with zero attached hydrogens (tertiary/aromatic N) is 1. The lowest BCUT2D eigenvalue weighted by Crippen LogP contribution is -2.19. The molecule has 0 atom stereocenters. The normalized spacial score (nSPS) is 12.4. The van der Waals surface area contributed by atoms with Crippen molar-refractivity contribution >= 4 is 22.8 Å². The number of aromatic nitrogens is 1. The van der Waals surface area contributed by atoms with Crippen molar-refractivity contribution in [3.8, 4) is 0 Å². The number of aryl methyl sites for hydroxylation is 1. The summed E-state index contributed by atoms with van der Waals surface area (Å²) in [7, 11) is 1.80. The molecule has 0 bridgehead atoms. The van der Waals surface area contributed by atoms with Crippen LogP contribution in [-0.2, 0) is 11.8 Å². The average molecular weight is 253 g/mol. The number of ketones is 1. The maximum atomic E-state index is 12.1. The lowest BCUT2D eigenvalue weighted by atomic mass is 10.1. The summed E-state index contributed by atoms with van der Waals surface area (Å²) in [6.07, 6.45) is -1.38. The molecule has 5 heteroatoms. The number of alkyl halides is 3. The number of hydrogen-bond donors (Lipinski definition) is 0. The highest BCUT2D eigenvalue weighted by atomic mass is 19.4. The zero-order valence-electron chi connectivity index (χ0n) is 9.53. The molecular weight excluding hydrogens is 243 g/mol. The van der Waals surface area contributed by atoms with Gasteiger partial charge in [0, 0.05) is 29.7 Å². The molecule has 0 spiro atoms. The molecule has 18 heavy (non-hydrogen) atoms. The number of halogens is 3. The van der Waals surface area contributed by atoms with Crippen molar-refractivity contribution in [3.05, 3.63) is 42.1 Å². The highest BCUT2D eigenvalue weighted by Gasteiger charge is 2.35. The number of benzene rings is 1. The fourth-order valence-corrected chi connectivity index (χ4v) is 1.77. The van der Waals surface area contributed by atoms with E-state index in [1.165, 1.54) is 6.08 Å². The lowest BCUT2D eigenvalue weighted by molar-refractivity contribution is -0.165. The highest BCUT2D eigenvalue weighted by Crippen LogP contribution is 2.22. The molecule has 0 amide bonds. The van der Waals surface area contributed by atoms with Gasteiger partial charge in [0.15, 0.2) is 0 Å². The van der Waals surface area contributed by atoms with Crippen LogP contribution in [0.5, 0.6) is 0 Å². The Morgan fingerprint density at radius 2 is 1.94 bits per heavy atom. The van der Waals surface area contributed by atoms with Gasteiger partial charge in [-0.1, -0.05) is 18.2 Å². The van der Waals surface area contributed by atoms with Crippen molar-refractivity contribution in [3.63, 3.8) is 0 Å². The van der Waals surface area contributed by atoms with Crippen LogP contribution in [-0.4, -0.2) is 16.5 Å². The van der Waals surface area contributed by atoms with Gasteiger partial charge in [-0.15, -0.1) is 0 Å². The van der Waals surface area contributed by atoms with E-state index in [9.17, 15) is 18.0 Å². The van der Waals surface area contributed by atoms with E-state index < -0.39 is 12.0 Å². The van der Waals surface area contributed by atoms with E-state index in [-0.39, 0.29) is 0 Å². The molecule has 2 aromatic rings. The van der Waals surface area contributed by atoms with E-state index in [1.807, 2.05) is 12.1 Å². The first-order valence-electron chi connectivity index (χ1n) is 5.23. The second kappa shape index (κ2) is 4.33. The largest absolute Gasteiger partial charge is 0.454 e. The second-order valence-corrected chi connectivity index (χ2v) is 3.91. The first-order chi connectivity index (χ1) is 8.39. The van der Waals surface area contributed by atoms with Crippen molar-refractivity contribution in [2.24, 2.45) is 7.05 Å². The molecule has 1 aromatic carbocycles. The summed E-state index contributed by atoms with van der Waals surface area (Å²) in [4.78, 5) is 10.8. The number of para-hydroxylation sites is 1. The maximum absolute atomic E-state index is 12.1. The van der Waals surface area contributed by atoms with Crippen LogP contribution in [0, 0.1) is 0 Å². The quantitative estimate of drug-likeness (QED) is 0.752. The molecule has 0 saturated heterocycles. The van der Waals surface area contributed by atoms with Crippen LogP contribution in [0.15, 0.2) is 36.5 Å². The maximum Gasteiger partial charge on any atom is 0.454 e. The minimum atomic E-state index is -4.82. The summed E-state index contributed by atoms with van der Waals surface area (Å²) >= 11 is 0. The Balaban J connectivity index is 2.39. The Hall–Kier alpha value is -2.04. The Morgan fingerprint density at radius 3 is 2.61 bits per heavy atom. The van der Waals surface area contributed by atoms with Crippen LogP contribution >= 0.6 is 0 Å². The van der Waals surface area contributed by atoms with Crippen LogP contribution < -0.4 is 0 Å². The SMILES string of the molecule is Cn1cc(/C=C/C(=O)C(F)(F)F)c2ccccc21. The molecule has 0 aliphatic carbocycles. The molecule has 1 aromatic heterocycles. The van der Waals surface area contributed by atoms with Crippen LogP contribution in [0.4, 0.5) is 13.2 Å². The van der Waals surface area contributed by atoms with E-state index in [2.05, 4.69) is 0 Å². The second-order valence-electron chi connectivity index (χ2n) is 3.91. The number of carbonyl (C=O) groups excluding carboxylic acids is 1. The molecule has 0 fully saturated rings. The zero-order chi connectivity index (χ0) is 13.3. The Bertz CT molecular complexity index is 623. The van der Waals surface area contributed by atoms with E-state index in [0.717, 1.165) is 10.9 Å². The average Bonchev–Trinajstić information content (AvgIpc) is 2.63. The van der Waals surface area contributed by atoms with Gasteiger partial charge in [-0.05, 0) is 18.2 Å². The summed E-state index contributed by atoms with van der Waals surface area (Å²) in [5.74, 6) is -1.85. The monoisotopic (exact) mass is 253 g/mol. The lowest BCUT2D eigenvalue weighted by Gasteiger charge is -1.98. The molecule has 0 aliphatic heterocycles. The van der Waals surface area contributed by atoms with Crippen molar-refractivity contribution < 1.29 is 18.0 Å². The van der Waals surface area contributed by atoms with Gasteiger partial charge >= 0.3 is 6.18 Å². The molecule has 2 rings (SSSR count). The van der Waals surface area contributed by atoms with Crippen LogP contribution in [0.3, 0.4) is 0 Å². The summed E-state index contributed by atoms with van der Waals surface area (Å²) in [6.45, 7) is 0. The summed E-state index contributed by atoms with van der Waals surface area (Å²) in [5.41, 5.74) is 1.49. The fourth-order valence-electron chi connectivity index (χ4n) is 1.77. The molecule has 0 radical (unpaired) electrons. The number of hydrogen-bond acceptors (Lipinski definition) is 1. The third-order valence-electron chi connectivity index (χ3n) is 2.62. The number of fused-ring (bicyclic) bond motifs is 1. The first kappa shape index (κ1) is 12.4. The van der Waals surface area contributed by atoms with Crippen molar-refractivity contribution in [1.82, 2.24) is 4.57 Å². The van der Waals surface area contributed by atoms with Gasteiger partial charge in [-0.2, -0.15) is 13.2 Å². The highest BCUT2D eigenvalue weighted by molar-refractivity contribution is 6.00. The topological polar surface area (TPSA) is 22.0 Å². The first-order valence-corrected chi connectivity index (χ1v) is 5.23. The third-order valence-corrected chi connectivity index (χ3v) is 2.62. The van der Waals surface area contributed by atoms with E-state index in [1.54, 1.807) is 29.9 Å². The fraction of sp³-hybridized carbons (Fsp3) is 0.154. The van der Waals surface area contributed by atoms with Crippen molar-refractivity contribution in [2.75, 3.05) is 0 Å². The van der Waals surface area contributed by atoms with Crippen LogP contribution in [0.2, 0.25) is 0 Å². The molecular formula is C13H10F3NO. The van der Waals surface area contributed by atoms with Crippen molar-refractivity contribution in [2.45, 2.75) is 6.18 Å². The van der Waals surface area contributed by atoms with Gasteiger partial charge in [0.1, 0.15) is 0 Å².